The summed E-state index contributed by atoms with van der Waals surface area (Å²) in [4.78, 5) is 15.0. The van der Waals surface area contributed by atoms with Gasteiger partial charge in [-0.3, -0.25) is 0 Å². The van der Waals surface area contributed by atoms with E-state index in [2.05, 4.69) is 25.7 Å². The highest BCUT2D eigenvalue weighted by molar-refractivity contribution is 9.10. The number of benzene rings is 1. The van der Waals surface area contributed by atoms with Crippen LogP contribution in [0.1, 0.15) is 10.7 Å². The zero-order valence-corrected chi connectivity index (χ0v) is 10.0. The van der Waals surface area contributed by atoms with E-state index in [9.17, 15) is 4.79 Å². The Morgan fingerprint density at radius 2 is 2.19 bits per heavy atom. The first-order valence-electron chi connectivity index (χ1n) is 4.51. The second-order valence-electron chi connectivity index (χ2n) is 3.00. The number of oxazole rings is 1. The van der Waals surface area contributed by atoms with Gasteiger partial charge in [0.05, 0.1) is 13.3 Å². The van der Waals surface area contributed by atoms with Crippen LogP contribution in [0.2, 0.25) is 0 Å². The van der Waals surface area contributed by atoms with Crippen LogP contribution in [0.3, 0.4) is 0 Å². The molecule has 82 valence electrons. The summed E-state index contributed by atoms with van der Waals surface area (Å²) in [5.41, 5.74) is 0.838. The molecule has 0 aliphatic carbocycles. The molecule has 16 heavy (non-hydrogen) atoms. The second-order valence-corrected chi connectivity index (χ2v) is 3.86. The van der Waals surface area contributed by atoms with Gasteiger partial charge in [-0.1, -0.05) is 34.1 Å². The van der Waals surface area contributed by atoms with E-state index in [-0.39, 0.29) is 5.89 Å². The number of rotatable bonds is 2. The summed E-state index contributed by atoms with van der Waals surface area (Å²) in [5.74, 6) is -0.112. The maximum absolute atomic E-state index is 11.2. The van der Waals surface area contributed by atoms with Crippen LogP contribution in [0.4, 0.5) is 0 Å². The predicted octanol–water partition coefficient (Wildman–Crippen LogP) is 2.89. The van der Waals surface area contributed by atoms with Crippen LogP contribution in [0, 0.1) is 0 Å². The third-order valence-corrected chi connectivity index (χ3v) is 2.70. The number of aromatic nitrogens is 1. The molecule has 0 saturated carbocycles. The van der Waals surface area contributed by atoms with E-state index in [1.807, 2.05) is 24.3 Å². The Hall–Kier alpha value is -1.62. The van der Waals surface area contributed by atoms with Crippen molar-refractivity contribution in [3.63, 3.8) is 0 Å². The topological polar surface area (TPSA) is 52.3 Å². The fourth-order valence-corrected chi connectivity index (χ4v) is 1.72. The number of esters is 1. The maximum atomic E-state index is 11.2. The molecule has 0 N–H and O–H groups in total. The Morgan fingerprint density at radius 3 is 2.88 bits per heavy atom. The number of ether oxygens (including phenoxy) is 1. The van der Waals surface area contributed by atoms with Crippen LogP contribution in [0.15, 0.2) is 39.4 Å². The number of hydrogen-bond donors (Lipinski definition) is 0. The molecule has 0 spiro atoms. The van der Waals surface area contributed by atoms with Crippen LogP contribution >= 0.6 is 15.9 Å². The molecule has 0 aliphatic heterocycles. The zero-order chi connectivity index (χ0) is 11.5. The summed E-state index contributed by atoms with van der Waals surface area (Å²) in [6.45, 7) is 0. The van der Waals surface area contributed by atoms with E-state index >= 15 is 0 Å². The molecule has 0 fully saturated rings. The smallest absolute Gasteiger partial charge is 0.394 e. The van der Waals surface area contributed by atoms with Crippen molar-refractivity contribution < 1.29 is 13.9 Å². The van der Waals surface area contributed by atoms with Gasteiger partial charge in [0, 0.05) is 10.0 Å². The summed E-state index contributed by atoms with van der Waals surface area (Å²) in [5, 5.41) is 0. The van der Waals surface area contributed by atoms with Crippen molar-refractivity contribution in [2.24, 2.45) is 0 Å². The minimum Gasteiger partial charge on any atom is -0.462 e. The molecule has 5 heteroatoms. The number of nitrogens with zero attached hydrogens (tertiary/aromatic N) is 1. The summed E-state index contributed by atoms with van der Waals surface area (Å²) < 4.78 is 10.7. The molecule has 2 aromatic rings. The normalized spacial score (nSPS) is 10.1. The number of methoxy groups -OCH3 is 1. The van der Waals surface area contributed by atoms with Crippen molar-refractivity contribution in [3.05, 3.63) is 40.8 Å². The Kier molecular flexibility index (Phi) is 3.05. The molecule has 0 atom stereocenters. The second kappa shape index (κ2) is 4.49. The van der Waals surface area contributed by atoms with Gasteiger partial charge in [-0.05, 0) is 6.07 Å². The van der Waals surface area contributed by atoms with E-state index in [0.717, 1.165) is 10.0 Å². The third-order valence-electron chi connectivity index (χ3n) is 2.01. The molecule has 1 aromatic carbocycles. The molecule has 0 radical (unpaired) electrons. The Morgan fingerprint density at radius 1 is 1.44 bits per heavy atom. The lowest BCUT2D eigenvalue weighted by Crippen LogP contribution is -2.00. The van der Waals surface area contributed by atoms with Gasteiger partial charge in [-0.25, -0.2) is 9.78 Å². The van der Waals surface area contributed by atoms with E-state index in [4.69, 9.17) is 4.42 Å². The molecule has 0 saturated heterocycles. The first kappa shape index (κ1) is 10.9. The van der Waals surface area contributed by atoms with Gasteiger partial charge in [0.15, 0.2) is 5.76 Å². The molecule has 0 bridgehead atoms. The van der Waals surface area contributed by atoms with E-state index < -0.39 is 5.97 Å². The lowest BCUT2D eigenvalue weighted by molar-refractivity contribution is 0.0557. The standard InChI is InChI=1S/C11H8BrNO3/c1-15-11(14)10-13-6-9(16-10)7-4-2-3-5-8(7)12/h2-6H,1H3. The van der Waals surface area contributed by atoms with Crippen molar-refractivity contribution in [2.75, 3.05) is 7.11 Å². The van der Waals surface area contributed by atoms with Crippen LogP contribution in [-0.4, -0.2) is 18.1 Å². The van der Waals surface area contributed by atoms with Gasteiger partial charge in [0.2, 0.25) is 0 Å². The molecule has 2 rings (SSSR count). The average molecular weight is 282 g/mol. The van der Waals surface area contributed by atoms with Crippen molar-refractivity contribution in [2.45, 2.75) is 0 Å². The number of halogens is 1. The highest BCUT2D eigenvalue weighted by Gasteiger charge is 2.15. The minimum absolute atomic E-state index is 0.0479. The average Bonchev–Trinajstić information content (AvgIpc) is 2.78. The van der Waals surface area contributed by atoms with E-state index in [1.54, 1.807) is 0 Å². The fraction of sp³-hybridized carbons (Fsp3) is 0.0909. The van der Waals surface area contributed by atoms with Crippen LogP contribution in [0.25, 0.3) is 11.3 Å². The third kappa shape index (κ3) is 1.99. The van der Waals surface area contributed by atoms with Gasteiger partial charge >= 0.3 is 11.9 Å². The molecule has 1 aromatic heterocycles. The van der Waals surface area contributed by atoms with Crippen LogP contribution in [0.5, 0.6) is 0 Å². The molecule has 0 unspecified atom stereocenters. The molecular weight excluding hydrogens is 274 g/mol. The monoisotopic (exact) mass is 281 g/mol. The quantitative estimate of drug-likeness (QED) is 0.795. The minimum atomic E-state index is -0.585. The van der Waals surface area contributed by atoms with Crippen molar-refractivity contribution in [1.29, 1.82) is 0 Å². The largest absolute Gasteiger partial charge is 0.462 e. The molecule has 4 nitrogen and oxygen atoms in total. The van der Waals surface area contributed by atoms with Crippen molar-refractivity contribution >= 4 is 21.9 Å². The summed E-state index contributed by atoms with van der Waals surface area (Å²) in [6.07, 6.45) is 1.49. The van der Waals surface area contributed by atoms with Crippen LogP contribution < -0.4 is 0 Å². The van der Waals surface area contributed by atoms with Gasteiger partial charge in [-0.15, -0.1) is 0 Å². The lowest BCUT2D eigenvalue weighted by atomic mass is 10.2. The highest BCUT2D eigenvalue weighted by atomic mass is 79.9. The summed E-state index contributed by atoms with van der Waals surface area (Å²) >= 11 is 3.39. The number of carbonyl (C=O) groups excluding carboxylic acids is 1. The van der Waals surface area contributed by atoms with Gasteiger partial charge in [-0.2, -0.15) is 0 Å². The molecule has 0 aliphatic rings. The Balaban J connectivity index is 2.39. The van der Waals surface area contributed by atoms with Gasteiger partial charge < -0.3 is 9.15 Å². The fourth-order valence-electron chi connectivity index (χ4n) is 1.24. The zero-order valence-electron chi connectivity index (χ0n) is 8.44. The molecule has 1 heterocycles. The summed E-state index contributed by atoms with van der Waals surface area (Å²) in [6, 6.07) is 7.52. The molecular formula is C11H8BrNO3. The molecule has 0 amide bonds. The Bertz CT molecular complexity index is 521. The number of carbonyl (C=O) groups is 1. The van der Waals surface area contributed by atoms with Gasteiger partial charge in [0.1, 0.15) is 0 Å². The Labute approximate surface area is 100 Å². The van der Waals surface area contributed by atoms with E-state index in [0.29, 0.717) is 5.76 Å². The SMILES string of the molecule is COC(=O)c1ncc(-c2ccccc2Br)o1. The summed E-state index contributed by atoms with van der Waals surface area (Å²) in [7, 11) is 1.28. The predicted molar refractivity (Wildman–Crippen MR) is 61.0 cm³/mol. The van der Waals surface area contributed by atoms with E-state index in [1.165, 1.54) is 13.3 Å². The van der Waals surface area contributed by atoms with Gasteiger partial charge in [0.25, 0.3) is 0 Å². The lowest BCUT2D eigenvalue weighted by Gasteiger charge is -1.98. The maximum Gasteiger partial charge on any atom is 0.394 e. The van der Waals surface area contributed by atoms with Crippen molar-refractivity contribution in [1.82, 2.24) is 4.98 Å². The van der Waals surface area contributed by atoms with Crippen molar-refractivity contribution in [3.8, 4) is 11.3 Å². The number of hydrogen-bond acceptors (Lipinski definition) is 4. The van der Waals surface area contributed by atoms with Crippen LogP contribution in [-0.2, 0) is 4.74 Å². The first-order valence-corrected chi connectivity index (χ1v) is 5.30. The first-order chi connectivity index (χ1) is 7.72. The highest BCUT2D eigenvalue weighted by Crippen LogP contribution is 2.28.